The molecule has 5 rings (SSSR count). The largest absolute Gasteiger partial charge is 0.497 e. The number of hydrogen-bond donors (Lipinski definition) is 1. The molecule has 0 fully saturated rings. The molecule has 0 radical (unpaired) electrons. The van der Waals surface area contributed by atoms with Crippen molar-refractivity contribution in [3.63, 3.8) is 0 Å². The van der Waals surface area contributed by atoms with Gasteiger partial charge in [-0.2, -0.15) is 13.2 Å². The standard InChI is InChI=1S/C28H22ClF3N2O3/c1-37-20-9-5-8-17(12-20)26-25-22(13-18(14-24(25)35)16-6-3-2-4-7-16)33-21-15-19(29)10-11-23(21)34(26)27(36)28(30,31)32/h2-12,15,18,26,33H,13-14H2,1H3/t18-,26-/m1/s1. The molecule has 3 aromatic carbocycles. The zero-order valence-electron chi connectivity index (χ0n) is 19.7. The predicted molar refractivity (Wildman–Crippen MR) is 135 cm³/mol. The minimum absolute atomic E-state index is 0.0296. The highest BCUT2D eigenvalue weighted by atomic mass is 35.5. The van der Waals surface area contributed by atoms with E-state index in [4.69, 9.17) is 16.3 Å². The molecule has 0 spiro atoms. The molecule has 0 saturated heterocycles. The van der Waals surface area contributed by atoms with Crippen LogP contribution in [0.5, 0.6) is 5.75 Å². The molecular weight excluding hydrogens is 505 g/mol. The summed E-state index contributed by atoms with van der Waals surface area (Å²) in [5.74, 6) is -2.22. The SMILES string of the molecule is COc1cccc([C@@H]2C3=C(C[C@@H](c4ccccc4)CC3=O)Nc3cc(Cl)ccc3N2C(=O)C(F)(F)F)c1. The van der Waals surface area contributed by atoms with Gasteiger partial charge in [-0.25, -0.2) is 0 Å². The van der Waals surface area contributed by atoms with Gasteiger partial charge >= 0.3 is 12.1 Å². The van der Waals surface area contributed by atoms with Crippen molar-refractivity contribution < 1.29 is 27.5 Å². The molecule has 1 amide bonds. The number of carbonyl (C=O) groups excluding carboxylic acids is 2. The second kappa shape index (κ2) is 9.59. The van der Waals surface area contributed by atoms with Crippen molar-refractivity contribution in [3.05, 3.63) is 100 Å². The van der Waals surface area contributed by atoms with Gasteiger partial charge in [-0.1, -0.05) is 54.1 Å². The number of allylic oxidation sites excluding steroid dienone is 1. The average molecular weight is 527 g/mol. The van der Waals surface area contributed by atoms with Gasteiger partial charge in [0.25, 0.3) is 0 Å². The first-order valence-electron chi connectivity index (χ1n) is 11.6. The van der Waals surface area contributed by atoms with Crippen LogP contribution >= 0.6 is 11.6 Å². The summed E-state index contributed by atoms with van der Waals surface area (Å²) in [6.45, 7) is 0. The van der Waals surface area contributed by atoms with E-state index in [0.717, 1.165) is 5.56 Å². The summed E-state index contributed by atoms with van der Waals surface area (Å²) in [4.78, 5) is 27.4. The lowest BCUT2D eigenvalue weighted by Gasteiger charge is -2.35. The second-order valence-electron chi connectivity index (χ2n) is 8.97. The highest BCUT2D eigenvalue weighted by Gasteiger charge is 2.50. The van der Waals surface area contributed by atoms with E-state index in [1.807, 2.05) is 30.3 Å². The number of rotatable bonds is 3. The number of benzene rings is 3. The van der Waals surface area contributed by atoms with Crippen LogP contribution in [0, 0.1) is 0 Å². The maximum absolute atomic E-state index is 14.0. The number of anilines is 2. The van der Waals surface area contributed by atoms with E-state index in [1.54, 1.807) is 24.3 Å². The monoisotopic (exact) mass is 526 g/mol. The summed E-state index contributed by atoms with van der Waals surface area (Å²) >= 11 is 6.20. The molecule has 190 valence electrons. The Kier molecular flexibility index (Phi) is 6.45. The lowest BCUT2D eigenvalue weighted by Crippen LogP contribution is -2.45. The molecule has 0 saturated carbocycles. The van der Waals surface area contributed by atoms with E-state index in [0.29, 0.717) is 28.3 Å². The Morgan fingerprint density at radius 3 is 2.43 bits per heavy atom. The van der Waals surface area contributed by atoms with Crippen LogP contribution < -0.4 is 15.0 Å². The lowest BCUT2D eigenvalue weighted by molar-refractivity contribution is -0.170. The summed E-state index contributed by atoms with van der Waals surface area (Å²) in [5, 5.41) is 3.45. The normalized spacial score (nSPS) is 19.5. The van der Waals surface area contributed by atoms with Crippen molar-refractivity contribution >= 4 is 34.7 Å². The van der Waals surface area contributed by atoms with Gasteiger partial charge in [0.15, 0.2) is 5.78 Å². The van der Waals surface area contributed by atoms with Gasteiger partial charge in [-0.3, -0.25) is 14.5 Å². The number of ketones is 1. The van der Waals surface area contributed by atoms with Crippen molar-refractivity contribution in [1.82, 2.24) is 0 Å². The molecule has 9 heteroatoms. The van der Waals surface area contributed by atoms with Crippen LogP contribution in [0.1, 0.15) is 35.9 Å². The number of Topliss-reactive ketones (excluding diaryl/α,β-unsaturated/α-hetero) is 1. The maximum Gasteiger partial charge on any atom is 0.471 e. The number of carbonyl (C=O) groups is 2. The second-order valence-corrected chi connectivity index (χ2v) is 9.41. The molecular formula is C28H22ClF3N2O3. The number of ether oxygens (including phenoxy) is 1. The van der Waals surface area contributed by atoms with Gasteiger partial charge in [0.05, 0.1) is 24.5 Å². The topological polar surface area (TPSA) is 58.6 Å². The third-order valence-corrected chi connectivity index (χ3v) is 6.92. The Morgan fingerprint density at radius 2 is 1.73 bits per heavy atom. The number of amides is 1. The Morgan fingerprint density at radius 1 is 1.00 bits per heavy atom. The van der Waals surface area contributed by atoms with E-state index in [1.165, 1.54) is 25.3 Å². The van der Waals surface area contributed by atoms with E-state index in [9.17, 15) is 22.8 Å². The molecule has 1 heterocycles. The quantitative estimate of drug-likeness (QED) is 0.407. The molecule has 1 aliphatic heterocycles. The molecule has 0 aromatic heterocycles. The third kappa shape index (κ3) is 4.69. The number of alkyl halides is 3. The minimum Gasteiger partial charge on any atom is -0.497 e. The summed E-state index contributed by atoms with van der Waals surface area (Å²) in [7, 11) is 1.44. The minimum atomic E-state index is -5.19. The molecule has 37 heavy (non-hydrogen) atoms. The smallest absolute Gasteiger partial charge is 0.471 e. The number of methoxy groups -OCH3 is 1. The zero-order valence-corrected chi connectivity index (χ0v) is 20.4. The van der Waals surface area contributed by atoms with Crippen LogP contribution in [0.25, 0.3) is 0 Å². The molecule has 1 N–H and O–H groups in total. The zero-order chi connectivity index (χ0) is 26.3. The molecule has 0 bridgehead atoms. The van der Waals surface area contributed by atoms with E-state index >= 15 is 0 Å². The Bertz CT molecular complexity index is 1410. The van der Waals surface area contributed by atoms with Gasteiger partial charge in [-0.15, -0.1) is 0 Å². The van der Waals surface area contributed by atoms with Crippen molar-refractivity contribution in [3.8, 4) is 5.75 Å². The molecule has 2 aliphatic rings. The predicted octanol–water partition coefficient (Wildman–Crippen LogP) is 6.81. The van der Waals surface area contributed by atoms with E-state index in [-0.39, 0.29) is 40.1 Å². The average Bonchev–Trinajstić information content (AvgIpc) is 3.02. The fourth-order valence-corrected chi connectivity index (χ4v) is 5.24. The van der Waals surface area contributed by atoms with Gasteiger partial charge < -0.3 is 10.1 Å². The number of fused-ring (bicyclic) bond motifs is 1. The van der Waals surface area contributed by atoms with Crippen LogP contribution in [0.3, 0.4) is 0 Å². The summed E-state index contributed by atoms with van der Waals surface area (Å²) in [5.41, 5.74) is 2.02. The van der Waals surface area contributed by atoms with Crippen LogP contribution in [0.4, 0.5) is 24.5 Å². The van der Waals surface area contributed by atoms with E-state index in [2.05, 4.69) is 5.32 Å². The Labute approximate surface area is 216 Å². The molecule has 3 aromatic rings. The Balaban J connectivity index is 1.77. The molecule has 5 nitrogen and oxygen atoms in total. The maximum atomic E-state index is 14.0. The lowest BCUT2D eigenvalue weighted by atomic mass is 9.78. The van der Waals surface area contributed by atoms with Gasteiger partial charge in [0, 0.05) is 22.7 Å². The van der Waals surface area contributed by atoms with Crippen molar-refractivity contribution in [2.75, 3.05) is 17.3 Å². The molecule has 0 unspecified atom stereocenters. The number of hydrogen-bond acceptors (Lipinski definition) is 4. The van der Waals surface area contributed by atoms with Crippen LogP contribution in [0.2, 0.25) is 5.02 Å². The highest BCUT2D eigenvalue weighted by Crippen LogP contribution is 2.49. The van der Waals surface area contributed by atoms with Gasteiger partial charge in [0.2, 0.25) is 0 Å². The summed E-state index contributed by atoms with van der Waals surface area (Å²) in [6, 6.07) is 18.8. The van der Waals surface area contributed by atoms with Crippen LogP contribution in [-0.4, -0.2) is 25.0 Å². The first-order chi connectivity index (χ1) is 17.7. The Hall–Kier alpha value is -3.78. The highest BCUT2D eigenvalue weighted by molar-refractivity contribution is 6.31. The van der Waals surface area contributed by atoms with Crippen molar-refractivity contribution in [2.45, 2.75) is 31.0 Å². The fraction of sp³-hybridized carbons (Fsp3) is 0.214. The first-order valence-corrected chi connectivity index (χ1v) is 12.0. The first kappa shape index (κ1) is 24.9. The number of halogens is 4. The van der Waals surface area contributed by atoms with Crippen LogP contribution in [-0.2, 0) is 9.59 Å². The molecule has 2 atom stereocenters. The molecule has 1 aliphatic carbocycles. The van der Waals surface area contributed by atoms with Crippen LogP contribution in [0.15, 0.2) is 84.1 Å². The van der Waals surface area contributed by atoms with Crippen molar-refractivity contribution in [2.24, 2.45) is 0 Å². The van der Waals surface area contributed by atoms with E-state index < -0.39 is 18.1 Å². The van der Waals surface area contributed by atoms with Gasteiger partial charge in [0.1, 0.15) is 5.75 Å². The van der Waals surface area contributed by atoms with Crippen molar-refractivity contribution in [1.29, 1.82) is 0 Å². The summed E-state index contributed by atoms with van der Waals surface area (Å²) < 4.78 is 47.3. The summed E-state index contributed by atoms with van der Waals surface area (Å²) in [6.07, 6.45) is -4.73. The fourth-order valence-electron chi connectivity index (χ4n) is 5.07. The number of nitrogens with one attached hydrogen (secondary N) is 1. The van der Waals surface area contributed by atoms with Gasteiger partial charge in [-0.05, 0) is 53.8 Å². The number of nitrogens with zero attached hydrogens (tertiary/aromatic N) is 1. The third-order valence-electron chi connectivity index (χ3n) is 6.68.